The maximum absolute atomic E-state index is 5.67. The van der Waals surface area contributed by atoms with Crippen LogP contribution in [0, 0.1) is 11.8 Å². The van der Waals surface area contributed by atoms with Gasteiger partial charge in [0, 0.05) is 25.0 Å². The standard InChI is InChI=1S/C16H32N2O/c1-3-9-17-16-13-19-12-15(16)11-18(2)10-14-7-5-4-6-8-14/h14-17H,3-13H2,1-2H3. The lowest BCUT2D eigenvalue weighted by Crippen LogP contribution is -2.42. The Kier molecular flexibility index (Phi) is 6.62. The van der Waals surface area contributed by atoms with E-state index >= 15 is 0 Å². The third kappa shape index (κ3) is 5.05. The fourth-order valence-corrected chi connectivity index (χ4v) is 3.62. The highest BCUT2D eigenvalue weighted by Gasteiger charge is 2.29. The van der Waals surface area contributed by atoms with E-state index in [0.29, 0.717) is 12.0 Å². The van der Waals surface area contributed by atoms with Crippen LogP contribution in [0.4, 0.5) is 0 Å². The molecule has 2 aliphatic rings. The molecule has 112 valence electrons. The van der Waals surface area contributed by atoms with Gasteiger partial charge in [-0.05, 0) is 38.8 Å². The number of ether oxygens (including phenoxy) is 1. The van der Waals surface area contributed by atoms with E-state index in [1.165, 1.54) is 51.6 Å². The summed E-state index contributed by atoms with van der Waals surface area (Å²) in [4.78, 5) is 2.55. The second-order valence-electron chi connectivity index (χ2n) is 6.58. The average Bonchev–Trinajstić information content (AvgIpc) is 2.84. The number of nitrogens with one attached hydrogen (secondary N) is 1. The SMILES string of the molecule is CCCNC1COCC1CN(C)CC1CCCCC1. The van der Waals surface area contributed by atoms with E-state index < -0.39 is 0 Å². The molecule has 0 aromatic rings. The predicted octanol–water partition coefficient (Wildman–Crippen LogP) is 2.51. The molecule has 0 radical (unpaired) electrons. The Balaban J connectivity index is 1.69. The van der Waals surface area contributed by atoms with E-state index in [0.717, 1.165) is 25.7 Å². The van der Waals surface area contributed by atoms with Crippen LogP contribution in [-0.4, -0.2) is 50.8 Å². The number of nitrogens with zero attached hydrogens (tertiary/aromatic N) is 1. The van der Waals surface area contributed by atoms with E-state index in [2.05, 4.69) is 24.2 Å². The first-order chi connectivity index (χ1) is 9.29. The van der Waals surface area contributed by atoms with Crippen LogP contribution < -0.4 is 5.32 Å². The molecule has 0 spiro atoms. The molecule has 0 aromatic heterocycles. The van der Waals surface area contributed by atoms with Gasteiger partial charge in [-0.15, -0.1) is 0 Å². The molecule has 0 aromatic carbocycles. The van der Waals surface area contributed by atoms with Crippen LogP contribution in [0.1, 0.15) is 45.4 Å². The minimum absolute atomic E-state index is 0.578. The molecule has 0 amide bonds. The quantitative estimate of drug-likeness (QED) is 0.768. The Morgan fingerprint density at radius 2 is 1.89 bits per heavy atom. The van der Waals surface area contributed by atoms with E-state index in [1.54, 1.807) is 0 Å². The summed E-state index contributed by atoms with van der Waals surface area (Å²) in [5, 5.41) is 3.64. The molecular formula is C16H32N2O. The van der Waals surface area contributed by atoms with Gasteiger partial charge in [0.25, 0.3) is 0 Å². The third-order valence-electron chi connectivity index (χ3n) is 4.70. The zero-order chi connectivity index (χ0) is 13.5. The van der Waals surface area contributed by atoms with E-state index in [-0.39, 0.29) is 0 Å². The van der Waals surface area contributed by atoms with Gasteiger partial charge in [0.15, 0.2) is 0 Å². The van der Waals surface area contributed by atoms with E-state index in [1.807, 2.05) is 0 Å². The van der Waals surface area contributed by atoms with Crippen molar-refractivity contribution in [3.63, 3.8) is 0 Å². The summed E-state index contributed by atoms with van der Waals surface area (Å²) in [6.45, 7) is 7.68. The van der Waals surface area contributed by atoms with Gasteiger partial charge in [-0.3, -0.25) is 0 Å². The molecule has 3 nitrogen and oxygen atoms in total. The third-order valence-corrected chi connectivity index (χ3v) is 4.70. The highest BCUT2D eigenvalue weighted by molar-refractivity contribution is 4.83. The highest BCUT2D eigenvalue weighted by Crippen LogP contribution is 2.24. The van der Waals surface area contributed by atoms with Crippen LogP contribution in [0.15, 0.2) is 0 Å². The van der Waals surface area contributed by atoms with Crippen molar-refractivity contribution in [1.29, 1.82) is 0 Å². The van der Waals surface area contributed by atoms with E-state index in [4.69, 9.17) is 4.74 Å². The summed E-state index contributed by atoms with van der Waals surface area (Å²) >= 11 is 0. The molecule has 1 aliphatic carbocycles. The Morgan fingerprint density at radius 1 is 1.11 bits per heavy atom. The maximum atomic E-state index is 5.67. The smallest absolute Gasteiger partial charge is 0.0623 e. The predicted molar refractivity (Wildman–Crippen MR) is 80.5 cm³/mol. The number of rotatable bonds is 7. The number of hydrogen-bond acceptors (Lipinski definition) is 3. The Labute approximate surface area is 119 Å². The van der Waals surface area contributed by atoms with Crippen molar-refractivity contribution in [3.05, 3.63) is 0 Å². The van der Waals surface area contributed by atoms with Crippen LogP contribution in [0.2, 0.25) is 0 Å². The van der Waals surface area contributed by atoms with Crippen molar-refractivity contribution in [2.24, 2.45) is 11.8 Å². The van der Waals surface area contributed by atoms with Gasteiger partial charge in [-0.2, -0.15) is 0 Å². The zero-order valence-corrected chi connectivity index (χ0v) is 12.9. The molecule has 2 rings (SSSR count). The minimum atomic E-state index is 0.578. The molecule has 0 bridgehead atoms. The van der Waals surface area contributed by atoms with Gasteiger partial charge < -0.3 is 15.0 Å². The number of hydrogen-bond donors (Lipinski definition) is 1. The zero-order valence-electron chi connectivity index (χ0n) is 12.9. The molecule has 3 heteroatoms. The first-order valence-corrected chi connectivity index (χ1v) is 8.29. The average molecular weight is 268 g/mol. The topological polar surface area (TPSA) is 24.5 Å². The maximum Gasteiger partial charge on any atom is 0.0623 e. The van der Waals surface area contributed by atoms with Crippen molar-refractivity contribution in [1.82, 2.24) is 10.2 Å². The van der Waals surface area contributed by atoms with Gasteiger partial charge in [-0.25, -0.2) is 0 Å². The second kappa shape index (κ2) is 8.23. The lowest BCUT2D eigenvalue weighted by molar-refractivity contribution is 0.164. The molecule has 19 heavy (non-hydrogen) atoms. The minimum Gasteiger partial charge on any atom is -0.379 e. The largest absolute Gasteiger partial charge is 0.379 e. The molecule has 2 unspecified atom stereocenters. The van der Waals surface area contributed by atoms with Crippen molar-refractivity contribution in [2.45, 2.75) is 51.5 Å². The molecule has 1 saturated heterocycles. The monoisotopic (exact) mass is 268 g/mol. The Hall–Kier alpha value is -0.120. The van der Waals surface area contributed by atoms with Crippen LogP contribution in [0.25, 0.3) is 0 Å². The molecule has 2 fully saturated rings. The first-order valence-electron chi connectivity index (χ1n) is 8.29. The Bertz CT molecular complexity index is 241. The molecule has 2 atom stereocenters. The van der Waals surface area contributed by atoms with Gasteiger partial charge in [0.05, 0.1) is 13.2 Å². The molecule has 1 aliphatic heterocycles. The Morgan fingerprint density at radius 3 is 2.63 bits per heavy atom. The summed E-state index contributed by atoms with van der Waals surface area (Å²) < 4.78 is 5.67. The summed E-state index contributed by atoms with van der Waals surface area (Å²) in [5.74, 6) is 1.63. The lowest BCUT2D eigenvalue weighted by Gasteiger charge is -2.30. The second-order valence-corrected chi connectivity index (χ2v) is 6.58. The van der Waals surface area contributed by atoms with Crippen molar-refractivity contribution in [3.8, 4) is 0 Å². The lowest BCUT2D eigenvalue weighted by atomic mass is 9.89. The van der Waals surface area contributed by atoms with Crippen LogP contribution in [0.5, 0.6) is 0 Å². The van der Waals surface area contributed by atoms with Crippen molar-refractivity contribution < 1.29 is 4.74 Å². The fraction of sp³-hybridized carbons (Fsp3) is 1.00. The van der Waals surface area contributed by atoms with Crippen LogP contribution in [0.3, 0.4) is 0 Å². The fourth-order valence-electron chi connectivity index (χ4n) is 3.62. The highest BCUT2D eigenvalue weighted by atomic mass is 16.5. The summed E-state index contributed by atoms with van der Waals surface area (Å²) in [6.07, 6.45) is 8.46. The normalized spacial score (nSPS) is 29.2. The molecule has 1 heterocycles. The molecule has 1 N–H and O–H groups in total. The van der Waals surface area contributed by atoms with E-state index in [9.17, 15) is 0 Å². The summed E-state index contributed by atoms with van der Waals surface area (Å²) in [5.41, 5.74) is 0. The molecule has 1 saturated carbocycles. The van der Waals surface area contributed by atoms with Gasteiger partial charge >= 0.3 is 0 Å². The first kappa shape index (κ1) is 15.3. The van der Waals surface area contributed by atoms with Gasteiger partial charge in [0.1, 0.15) is 0 Å². The van der Waals surface area contributed by atoms with Gasteiger partial charge in [0.2, 0.25) is 0 Å². The van der Waals surface area contributed by atoms with Crippen molar-refractivity contribution in [2.75, 3.05) is 39.9 Å². The molecular weight excluding hydrogens is 236 g/mol. The summed E-state index contributed by atoms with van der Waals surface area (Å²) in [6, 6.07) is 0.578. The van der Waals surface area contributed by atoms with Crippen LogP contribution >= 0.6 is 0 Å². The van der Waals surface area contributed by atoms with Crippen LogP contribution in [-0.2, 0) is 4.74 Å². The van der Waals surface area contributed by atoms with Gasteiger partial charge in [-0.1, -0.05) is 26.2 Å². The van der Waals surface area contributed by atoms with Crippen molar-refractivity contribution >= 4 is 0 Å². The summed E-state index contributed by atoms with van der Waals surface area (Å²) in [7, 11) is 2.30.